The average molecular weight is 416 g/mol. The molecule has 1 aliphatic heterocycles. The summed E-state index contributed by atoms with van der Waals surface area (Å²) in [7, 11) is 1.78. The average Bonchev–Trinajstić information content (AvgIpc) is 3.13. The molecular weight excluding hydrogens is 393 g/mol. The number of hydrogen-bond donors (Lipinski definition) is 1. The minimum absolute atomic E-state index is 0.365. The number of nitrogens with zero attached hydrogens (tertiary/aromatic N) is 4. The molecular formula is C22H23F3N4O. The molecule has 1 saturated heterocycles. The fourth-order valence-corrected chi connectivity index (χ4v) is 3.96. The highest BCUT2D eigenvalue weighted by atomic mass is 19.1. The van der Waals surface area contributed by atoms with Crippen LogP contribution in [-0.4, -0.2) is 45.7 Å². The number of rotatable bonds is 5. The van der Waals surface area contributed by atoms with Gasteiger partial charge in [-0.15, -0.1) is 0 Å². The topological polar surface area (TPSA) is 44.5 Å². The molecule has 1 fully saturated rings. The first kappa shape index (κ1) is 20.4. The fourth-order valence-electron chi connectivity index (χ4n) is 3.96. The SMILES string of the molecule is Cn1ccnc1C(O)c1cccc(F)c1N1CCN(Cc2cc(F)cc(F)c2)CC1. The van der Waals surface area contributed by atoms with Gasteiger partial charge in [-0.25, -0.2) is 18.2 Å². The largest absolute Gasteiger partial charge is 0.380 e. The van der Waals surface area contributed by atoms with Crippen LogP contribution in [-0.2, 0) is 13.6 Å². The molecule has 158 valence electrons. The number of halogens is 3. The van der Waals surface area contributed by atoms with Crippen molar-refractivity contribution in [1.82, 2.24) is 14.5 Å². The highest BCUT2D eigenvalue weighted by Crippen LogP contribution is 2.33. The maximum Gasteiger partial charge on any atom is 0.146 e. The zero-order valence-electron chi connectivity index (χ0n) is 16.6. The fraction of sp³-hybridized carbons (Fsp3) is 0.318. The van der Waals surface area contributed by atoms with Crippen LogP contribution in [0.25, 0.3) is 0 Å². The number of aromatic nitrogens is 2. The molecule has 0 radical (unpaired) electrons. The van der Waals surface area contributed by atoms with Crippen LogP contribution in [0, 0.1) is 17.5 Å². The normalized spacial score (nSPS) is 16.1. The van der Waals surface area contributed by atoms with E-state index in [1.54, 1.807) is 36.1 Å². The van der Waals surface area contributed by atoms with Crippen molar-refractivity contribution < 1.29 is 18.3 Å². The second kappa shape index (κ2) is 8.49. The maximum absolute atomic E-state index is 14.8. The van der Waals surface area contributed by atoms with Crippen molar-refractivity contribution >= 4 is 5.69 Å². The monoisotopic (exact) mass is 416 g/mol. The lowest BCUT2D eigenvalue weighted by atomic mass is 10.0. The van der Waals surface area contributed by atoms with Crippen molar-refractivity contribution in [3.8, 4) is 0 Å². The molecule has 0 amide bonds. The van der Waals surface area contributed by atoms with Gasteiger partial charge in [0.15, 0.2) is 0 Å². The number of anilines is 1. The van der Waals surface area contributed by atoms with Gasteiger partial charge in [0.1, 0.15) is 29.4 Å². The third-order valence-corrected chi connectivity index (χ3v) is 5.43. The van der Waals surface area contributed by atoms with E-state index < -0.39 is 23.6 Å². The highest BCUT2D eigenvalue weighted by molar-refractivity contribution is 5.57. The molecule has 2 aromatic carbocycles. The van der Waals surface area contributed by atoms with E-state index in [0.29, 0.717) is 55.4 Å². The van der Waals surface area contributed by atoms with Gasteiger partial charge in [-0.2, -0.15) is 0 Å². The zero-order chi connectivity index (χ0) is 21.3. The van der Waals surface area contributed by atoms with Gasteiger partial charge in [-0.3, -0.25) is 4.90 Å². The first-order valence-electron chi connectivity index (χ1n) is 9.78. The Bertz CT molecular complexity index is 1010. The number of aliphatic hydroxyl groups excluding tert-OH is 1. The zero-order valence-corrected chi connectivity index (χ0v) is 16.6. The van der Waals surface area contributed by atoms with Crippen molar-refractivity contribution in [2.75, 3.05) is 31.1 Å². The first-order valence-corrected chi connectivity index (χ1v) is 9.78. The molecule has 0 aliphatic carbocycles. The number of hydrogen-bond acceptors (Lipinski definition) is 4. The van der Waals surface area contributed by atoms with Crippen LogP contribution >= 0.6 is 0 Å². The summed E-state index contributed by atoms with van der Waals surface area (Å²) in [5.41, 5.74) is 1.40. The van der Waals surface area contributed by atoms with Crippen LogP contribution < -0.4 is 4.90 Å². The van der Waals surface area contributed by atoms with Crippen molar-refractivity contribution in [3.05, 3.63) is 83.2 Å². The minimum atomic E-state index is -1.05. The van der Waals surface area contributed by atoms with E-state index >= 15 is 0 Å². The Morgan fingerprint density at radius 2 is 1.73 bits per heavy atom. The Kier molecular flexibility index (Phi) is 5.78. The van der Waals surface area contributed by atoms with Crippen LogP contribution in [0.5, 0.6) is 0 Å². The van der Waals surface area contributed by atoms with Gasteiger partial charge in [0, 0.05) is 63.8 Å². The summed E-state index contributed by atoms with van der Waals surface area (Å²) in [6, 6.07) is 8.18. The van der Waals surface area contributed by atoms with Gasteiger partial charge in [0.25, 0.3) is 0 Å². The predicted octanol–water partition coefficient (Wildman–Crippen LogP) is 3.24. The first-order chi connectivity index (χ1) is 14.4. The number of benzene rings is 2. The summed E-state index contributed by atoms with van der Waals surface area (Å²) >= 11 is 0. The summed E-state index contributed by atoms with van der Waals surface area (Å²) in [4.78, 5) is 8.16. The van der Waals surface area contributed by atoms with Crippen molar-refractivity contribution in [2.24, 2.45) is 7.05 Å². The maximum atomic E-state index is 14.8. The molecule has 0 saturated carbocycles. The number of aryl methyl sites for hydroxylation is 1. The lowest BCUT2D eigenvalue weighted by molar-refractivity contribution is 0.205. The molecule has 8 heteroatoms. The molecule has 3 aromatic rings. The van der Waals surface area contributed by atoms with E-state index in [1.807, 2.05) is 4.90 Å². The summed E-state index contributed by atoms with van der Waals surface area (Å²) < 4.78 is 43.4. The van der Waals surface area contributed by atoms with E-state index in [4.69, 9.17) is 0 Å². The van der Waals surface area contributed by atoms with Gasteiger partial charge in [-0.1, -0.05) is 12.1 Å². The second-order valence-electron chi connectivity index (χ2n) is 7.52. The number of para-hydroxylation sites is 1. The van der Waals surface area contributed by atoms with Crippen molar-refractivity contribution in [2.45, 2.75) is 12.6 Å². The van der Waals surface area contributed by atoms with Gasteiger partial charge in [0.05, 0.1) is 5.69 Å². The molecule has 30 heavy (non-hydrogen) atoms. The molecule has 2 heterocycles. The molecule has 1 aromatic heterocycles. The van der Waals surface area contributed by atoms with Gasteiger partial charge in [-0.05, 0) is 23.8 Å². The summed E-state index contributed by atoms with van der Waals surface area (Å²) in [5, 5.41) is 10.8. The Hall–Kier alpha value is -2.84. The van der Waals surface area contributed by atoms with Crippen LogP contribution in [0.2, 0.25) is 0 Å². The molecule has 5 nitrogen and oxygen atoms in total. The van der Waals surface area contributed by atoms with Crippen molar-refractivity contribution in [1.29, 1.82) is 0 Å². The molecule has 1 atom stereocenters. The lowest BCUT2D eigenvalue weighted by Gasteiger charge is -2.37. The molecule has 1 N–H and O–H groups in total. The minimum Gasteiger partial charge on any atom is -0.380 e. The number of piperazine rings is 1. The van der Waals surface area contributed by atoms with Crippen LogP contribution in [0.15, 0.2) is 48.8 Å². The molecule has 0 spiro atoms. The van der Waals surface area contributed by atoms with E-state index in [2.05, 4.69) is 9.88 Å². The molecule has 4 rings (SSSR count). The second-order valence-corrected chi connectivity index (χ2v) is 7.52. The summed E-state index contributed by atoms with van der Waals surface area (Å²) in [6.45, 7) is 2.68. The van der Waals surface area contributed by atoms with E-state index in [0.717, 1.165) is 6.07 Å². The Labute approximate surface area is 173 Å². The number of imidazole rings is 1. The Balaban J connectivity index is 1.50. The third-order valence-electron chi connectivity index (χ3n) is 5.43. The van der Waals surface area contributed by atoms with Crippen molar-refractivity contribution in [3.63, 3.8) is 0 Å². The van der Waals surface area contributed by atoms with Crippen LogP contribution in [0.1, 0.15) is 23.1 Å². The molecule has 1 unspecified atom stereocenters. The highest BCUT2D eigenvalue weighted by Gasteiger charge is 2.26. The summed E-state index contributed by atoms with van der Waals surface area (Å²) in [6.07, 6.45) is 2.26. The Morgan fingerprint density at radius 1 is 1.03 bits per heavy atom. The van der Waals surface area contributed by atoms with E-state index in [1.165, 1.54) is 18.2 Å². The molecule has 1 aliphatic rings. The van der Waals surface area contributed by atoms with Gasteiger partial charge >= 0.3 is 0 Å². The van der Waals surface area contributed by atoms with Crippen LogP contribution in [0.4, 0.5) is 18.9 Å². The third kappa shape index (κ3) is 4.20. The van der Waals surface area contributed by atoms with E-state index in [-0.39, 0.29) is 0 Å². The lowest BCUT2D eigenvalue weighted by Crippen LogP contribution is -2.46. The Morgan fingerprint density at radius 3 is 2.37 bits per heavy atom. The molecule has 0 bridgehead atoms. The summed E-state index contributed by atoms with van der Waals surface area (Å²) in [5.74, 6) is -1.15. The standard InChI is InChI=1S/C22H23F3N4O/c1-27-6-5-26-22(27)21(30)18-3-2-4-19(25)20(18)29-9-7-28(8-10-29)14-15-11-16(23)13-17(24)12-15/h2-6,11-13,21,30H,7-10,14H2,1H3. The van der Waals surface area contributed by atoms with E-state index in [9.17, 15) is 18.3 Å². The van der Waals surface area contributed by atoms with Crippen LogP contribution in [0.3, 0.4) is 0 Å². The predicted molar refractivity (Wildman–Crippen MR) is 108 cm³/mol. The smallest absolute Gasteiger partial charge is 0.146 e. The quantitative estimate of drug-likeness (QED) is 0.694. The number of aliphatic hydroxyl groups is 1. The van der Waals surface area contributed by atoms with Gasteiger partial charge in [0.2, 0.25) is 0 Å². The van der Waals surface area contributed by atoms with Gasteiger partial charge < -0.3 is 14.6 Å².